The highest BCUT2D eigenvalue weighted by molar-refractivity contribution is 6.26. The predicted octanol–water partition coefficient (Wildman–Crippen LogP) is 4.33. The summed E-state index contributed by atoms with van der Waals surface area (Å²) in [6.07, 6.45) is 2.67. The van der Waals surface area contributed by atoms with Crippen molar-refractivity contribution in [2.75, 3.05) is 27.0 Å². The van der Waals surface area contributed by atoms with Crippen LogP contribution in [0.2, 0.25) is 0 Å². The van der Waals surface area contributed by atoms with Gasteiger partial charge in [0.1, 0.15) is 18.7 Å². The molecule has 2 aliphatic rings. The number of imide groups is 1. The van der Waals surface area contributed by atoms with E-state index in [4.69, 9.17) is 21.1 Å². The van der Waals surface area contributed by atoms with E-state index < -0.39 is 35.7 Å². The minimum absolute atomic E-state index is 0.0257. The molecule has 2 heterocycles. The Hall–Kier alpha value is -3.40. The van der Waals surface area contributed by atoms with Crippen LogP contribution in [0.15, 0.2) is 71.1 Å². The fourth-order valence-electron chi connectivity index (χ4n) is 4.54. The number of methoxy groups -OCH3 is 1. The third-order valence-corrected chi connectivity index (χ3v) is 6.64. The van der Waals surface area contributed by atoms with Crippen LogP contribution >= 0.6 is 11.6 Å². The average molecular weight is 545 g/mol. The molecule has 2 unspecified atom stereocenters. The molecule has 0 saturated heterocycles. The second-order valence-corrected chi connectivity index (χ2v) is 9.08. The molecule has 3 rings (SSSR count). The van der Waals surface area contributed by atoms with E-state index in [1.807, 2.05) is 0 Å². The molecule has 8 nitrogen and oxygen atoms in total. The normalized spacial score (nSPS) is 17.6. The van der Waals surface area contributed by atoms with E-state index in [9.17, 15) is 23.6 Å². The van der Waals surface area contributed by atoms with Crippen LogP contribution in [0.1, 0.15) is 47.4 Å². The number of nitrogens with zero attached hydrogens (tertiary/aromatic N) is 2. The summed E-state index contributed by atoms with van der Waals surface area (Å²) in [7, 11) is 1.45. The minimum Gasteiger partial charge on any atom is -0.359 e. The minimum atomic E-state index is -1.14. The number of ketones is 1. The van der Waals surface area contributed by atoms with Crippen LogP contribution < -0.4 is 0 Å². The van der Waals surface area contributed by atoms with Crippen LogP contribution in [0.5, 0.6) is 0 Å². The number of rotatable bonds is 13. The molecule has 0 bridgehead atoms. The third kappa shape index (κ3) is 5.85. The molecule has 0 radical (unpaired) electrons. The van der Waals surface area contributed by atoms with Crippen LogP contribution in [0, 0.1) is 0 Å². The van der Waals surface area contributed by atoms with Crippen molar-refractivity contribution in [1.29, 1.82) is 0 Å². The number of amides is 3. The van der Waals surface area contributed by atoms with Crippen molar-refractivity contribution in [3.05, 3.63) is 82.2 Å². The van der Waals surface area contributed by atoms with Crippen LogP contribution in [-0.2, 0) is 19.1 Å². The first-order chi connectivity index (χ1) is 18.2. The molecule has 0 saturated carbocycles. The van der Waals surface area contributed by atoms with Gasteiger partial charge in [-0.1, -0.05) is 42.5 Å². The Morgan fingerprint density at radius 3 is 2.37 bits per heavy atom. The van der Waals surface area contributed by atoms with Gasteiger partial charge in [-0.25, -0.2) is 4.39 Å². The van der Waals surface area contributed by atoms with Gasteiger partial charge >= 0.3 is 0 Å². The quantitative estimate of drug-likeness (QED) is 0.208. The van der Waals surface area contributed by atoms with E-state index in [0.29, 0.717) is 22.2 Å². The number of carbonyl (C=O) groups is 4. The Bertz CT molecular complexity index is 1200. The molecule has 0 N–H and O–H groups in total. The molecular weight excluding hydrogens is 515 g/mol. The highest BCUT2D eigenvalue weighted by Crippen LogP contribution is 2.32. The number of Topliss-reactive ketones (excluding diaryl/α,β-unsaturated/α-hetero) is 1. The number of halogens is 2. The molecular formula is C28H30ClFN2O6. The van der Waals surface area contributed by atoms with Gasteiger partial charge in [-0.05, 0) is 43.5 Å². The number of hydrogen-bond donors (Lipinski definition) is 0. The lowest BCUT2D eigenvalue weighted by Gasteiger charge is -2.31. The van der Waals surface area contributed by atoms with Gasteiger partial charge in [0.25, 0.3) is 17.7 Å². The molecule has 1 aromatic rings. The first kappa shape index (κ1) is 29.2. The smallest absolute Gasteiger partial charge is 0.261 e. The Morgan fingerprint density at radius 2 is 1.82 bits per heavy atom. The highest BCUT2D eigenvalue weighted by atomic mass is 35.5. The summed E-state index contributed by atoms with van der Waals surface area (Å²) in [6, 6.07) is 5.39. The lowest BCUT2D eigenvalue weighted by atomic mass is 9.95. The van der Waals surface area contributed by atoms with Crippen molar-refractivity contribution < 1.29 is 33.0 Å². The summed E-state index contributed by atoms with van der Waals surface area (Å²) >= 11 is 5.57. The maximum atomic E-state index is 14.6. The SMILES string of the molecule is C=C(C(C)OCOC)C(C(=O)CCCN1C(=O)c2ccccc2C1=O)N1CC(/C=C\C)=C(C(/F)=C/Cl)C1=O. The molecule has 3 amide bonds. The molecule has 0 fully saturated rings. The van der Waals surface area contributed by atoms with E-state index in [2.05, 4.69) is 6.58 Å². The van der Waals surface area contributed by atoms with E-state index in [-0.39, 0.29) is 49.7 Å². The lowest BCUT2D eigenvalue weighted by molar-refractivity contribution is -0.134. The first-order valence-corrected chi connectivity index (χ1v) is 12.5. The fraction of sp³-hybridized carbons (Fsp3) is 0.357. The molecule has 0 aromatic heterocycles. The number of allylic oxidation sites excluding steroid dienone is 1. The highest BCUT2D eigenvalue weighted by Gasteiger charge is 2.41. The molecule has 10 heteroatoms. The second-order valence-electron chi connectivity index (χ2n) is 8.86. The van der Waals surface area contributed by atoms with Gasteiger partial charge in [0, 0.05) is 32.2 Å². The van der Waals surface area contributed by atoms with Crippen LogP contribution in [0.25, 0.3) is 0 Å². The standard InChI is InChI=1S/C28H30ClFN2O6/c1-5-9-19-15-32(28(36)24(19)22(30)14-29)25(17(2)18(3)38-16-37-4)23(33)12-8-13-31-26(34)20-10-6-7-11-21(20)27(31)35/h5-7,9-11,14,18,25H,2,8,12-13,15-16H2,1,3-4H3/b9-5-,22-14-. The average Bonchev–Trinajstić information content (AvgIpc) is 3.35. The van der Waals surface area contributed by atoms with Gasteiger partial charge in [0.2, 0.25) is 0 Å². The lowest BCUT2D eigenvalue weighted by Crippen LogP contribution is -2.47. The molecule has 1 aromatic carbocycles. The molecule has 38 heavy (non-hydrogen) atoms. The summed E-state index contributed by atoms with van der Waals surface area (Å²) in [5.41, 5.74) is 1.77. The predicted molar refractivity (Wildman–Crippen MR) is 140 cm³/mol. The number of fused-ring (bicyclic) bond motifs is 1. The maximum absolute atomic E-state index is 14.6. The van der Waals surface area contributed by atoms with Gasteiger partial charge < -0.3 is 14.4 Å². The van der Waals surface area contributed by atoms with Crippen molar-refractivity contribution in [3.8, 4) is 0 Å². The zero-order valence-corrected chi connectivity index (χ0v) is 22.3. The Balaban J connectivity index is 1.80. The number of hydrogen-bond acceptors (Lipinski definition) is 6. The number of carbonyl (C=O) groups excluding carboxylic acids is 4. The monoisotopic (exact) mass is 544 g/mol. The van der Waals surface area contributed by atoms with Gasteiger partial charge in [-0.2, -0.15) is 0 Å². The molecule has 0 spiro atoms. The van der Waals surface area contributed by atoms with Gasteiger partial charge in [-0.15, -0.1) is 0 Å². The van der Waals surface area contributed by atoms with Crippen LogP contribution in [-0.4, -0.2) is 72.4 Å². The fourth-order valence-corrected chi connectivity index (χ4v) is 4.65. The van der Waals surface area contributed by atoms with E-state index >= 15 is 0 Å². The van der Waals surface area contributed by atoms with Gasteiger partial charge in [-0.3, -0.25) is 24.1 Å². The Kier molecular flexibility index (Phi) is 9.90. The van der Waals surface area contributed by atoms with Gasteiger partial charge in [0.05, 0.1) is 22.8 Å². The zero-order valence-electron chi connectivity index (χ0n) is 21.5. The molecule has 2 aliphatic heterocycles. The first-order valence-electron chi connectivity index (χ1n) is 12.1. The van der Waals surface area contributed by atoms with E-state index in [1.165, 1.54) is 12.0 Å². The summed E-state index contributed by atoms with van der Waals surface area (Å²) in [5, 5.41) is 0. The van der Waals surface area contributed by atoms with Gasteiger partial charge in [0.15, 0.2) is 5.78 Å². The summed E-state index contributed by atoms with van der Waals surface area (Å²) < 4.78 is 25.1. The topological polar surface area (TPSA) is 93.2 Å². The van der Waals surface area contributed by atoms with Crippen molar-refractivity contribution in [1.82, 2.24) is 9.80 Å². The summed E-state index contributed by atoms with van der Waals surface area (Å²) in [4.78, 5) is 54.5. The van der Waals surface area contributed by atoms with E-state index in [0.717, 1.165) is 4.90 Å². The molecule has 202 valence electrons. The zero-order chi connectivity index (χ0) is 28.0. The Labute approximate surface area is 226 Å². The maximum Gasteiger partial charge on any atom is 0.261 e. The molecule has 0 aliphatic carbocycles. The van der Waals surface area contributed by atoms with Crippen LogP contribution in [0.3, 0.4) is 0 Å². The van der Waals surface area contributed by atoms with Crippen molar-refractivity contribution in [2.24, 2.45) is 0 Å². The molecule has 2 atom stereocenters. The number of benzene rings is 1. The Morgan fingerprint density at radius 1 is 1.18 bits per heavy atom. The summed E-state index contributed by atoms with van der Waals surface area (Å²) in [5.74, 6) is -2.82. The van der Waals surface area contributed by atoms with Crippen molar-refractivity contribution in [3.63, 3.8) is 0 Å². The largest absolute Gasteiger partial charge is 0.359 e. The summed E-state index contributed by atoms with van der Waals surface area (Å²) in [6.45, 7) is 7.33. The van der Waals surface area contributed by atoms with Crippen molar-refractivity contribution >= 4 is 35.1 Å². The third-order valence-electron chi connectivity index (χ3n) is 6.45. The number of ether oxygens (including phenoxy) is 2. The van der Waals surface area contributed by atoms with Crippen LogP contribution in [0.4, 0.5) is 4.39 Å². The van der Waals surface area contributed by atoms with E-state index in [1.54, 1.807) is 50.3 Å². The second kappa shape index (κ2) is 12.9. The van der Waals surface area contributed by atoms with Crippen molar-refractivity contribution in [2.45, 2.75) is 38.8 Å².